The molecule has 0 saturated carbocycles. The molecule has 1 aromatic heterocycles. The Balaban J connectivity index is 1.52. The molecule has 1 heterocycles. The molecule has 0 atom stereocenters. The summed E-state index contributed by atoms with van der Waals surface area (Å²) in [5.74, 6) is 0. The molecule has 0 radical (unpaired) electrons. The molecule has 0 bridgehead atoms. The summed E-state index contributed by atoms with van der Waals surface area (Å²) >= 11 is 0. The summed E-state index contributed by atoms with van der Waals surface area (Å²) in [6, 6.07) is 37.9. The zero-order valence-electron chi connectivity index (χ0n) is 18.3. The second kappa shape index (κ2) is 6.11. The molecule has 6 aromatic rings. The zero-order valence-corrected chi connectivity index (χ0v) is 18.3. The molecule has 32 heavy (non-hydrogen) atoms. The third-order valence-electron chi connectivity index (χ3n) is 7.36. The zero-order chi connectivity index (χ0) is 21.4. The van der Waals surface area contributed by atoms with Crippen LogP contribution in [0.5, 0.6) is 0 Å². The Morgan fingerprint density at radius 2 is 1.22 bits per heavy atom. The Labute approximate surface area is 187 Å². The van der Waals surface area contributed by atoms with Gasteiger partial charge in [0.15, 0.2) is 0 Å². The lowest BCUT2D eigenvalue weighted by Crippen LogP contribution is -2.15. The predicted molar refractivity (Wildman–Crippen MR) is 136 cm³/mol. The number of para-hydroxylation sites is 2. The van der Waals surface area contributed by atoms with Gasteiger partial charge in [-0.25, -0.2) is 0 Å². The van der Waals surface area contributed by atoms with Crippen LogP contribution in [0.1, 0.15) is 25.0 Å². The molecular weight excluding hydrogens is 386 g/mol. The van der Waals surface area contributed by atoms with E-state index in [1.54, 1.807) is 0 Å². The second-order valence-electron chi connectivity index (χ2n) is 9.43. The van der Waals surface area contributed by atoms with Gasteiger partial charge in [0.2, 0.25) is 0 Å². The van der Waals surface area contributed by atoms with E-state index in [9.17, 15) is 0 Å². The van der Waals surface area contributed by atoms with E-state index in [0.29, 0.717) is 0 Å². The molecule has 0 unspecified atom stereocenters. The Hall–Kier alpha value is -3.84. The number of hydrogen-bond donors (Lipinski definition) is 0. The molecule has 1 aliphatic carbocycles. The van der Waals surface area contributed by atoms with E-state index in [1.807, 2.05) is 0 Å². The summed E-state index contributed by atoms with van der Waals surface area (Å²) in [6.45, 7) is 4.72. The van der Waals surface area contributed by atoms with E-state index in [0.717, 1.165) is 0 Å². The summed E-state index contributed by atoms with van der Waals surface area (Å²) in [5, 5.41) is 5.25. The summed E-state index contributed by atoms with van der Waals surface area (Å²) < 4.78 is 2.40. The normalized spacial score (nSPS) is 14.2. The average Bonchev–Trinajstić information content (AvgIpc) is 3.29. The highest BCUT2D eigenvalue weighted by atomic mass is 15.0. The van der Waals surface area contributed by atoms with Gasteiger partial charge in [0.25, 0.3) is 0 Å². The highest BCUT2D eigenvalue weighted by molar-refractivity contribution is 6.09. The Kier molecular flexibility index (Phi) is 3.40. The van der Waals surface area contributed by atoms with Gasteiger partial charge in [0.1, 0.15) is 0 Å². The van der Waals surface area contributed by atoms with Crippen molar-refractivity contribution in [1.82, 2.24) is 4.57 Å². The molecule has 0 amide bonds. The van der Waals surface area contributed by atoms with Crippen molar-refractivity contribution in [3.63, 3.8) is 0 Å². The van der Waals surface area contributed by atoms with Crippen molar-refractivity contribution >= 4 is 32.6 Å². The summed E-state index contributed by atoms with van der Waals surface area (Å²) in [5.41, 5.74) is 9.34. The molecule has 1 heteroatoms. The van der Waals surface area contributed by atoms with Gasteiger partial charge >= 0.3 is 0 Å². The van der Waals surface area contributed by atoms with Crippen molar-refractivity contribution in [2.45, 2.75) is 19.3 Å². The van der Waals surface area contributed by atoms with Gasteiger partial charge < -0.3 is 4.57 Å². The van der Waals surface area contributed by atoms with E-state index in [1.165, 1.54) is 60.5 Å². The van der Waals surface area contributed by atoms with E-state index in [4.69, 9.17) is 0 Å². The molecule has 0 spiro atoms. The fourth-order valence-corrected chi connectivity index (χ4v) is 5.95. The van der Waals surface area contributed by atoms with Crippen LogP contribution in [-0.2, 0) is 5.41 Å². The van der Waals surface area contributed by atoms with Crippen LogP contribution in [0, 0.1) is 0 Å². The number of aromatic nitrogens is 1. The van der Waals surface area contributed by atoms with Gasteiger partial charge in [-0.15, -0.1) is 0 Å². The van der Waals surface area contributed by atoms with Crippen molar-refractivity contribution in [2.24, 2.45) is 0 Å². The maximum Gasteiger partial charge on any atom is 0.0541 e. The highest BCUT2D eigenvalue weighted by Crippen LogP contribution is 2.51. The van der Waals surface area contributed by atoms with Crippen LogP contribution in [0.2, 0.25) is 0 Å². The maximum atomic E-state index is 2.40. The van der Waals surface area contributed by atoms with Crippen LogP contribution in [-0.4, -0.2) is 4.57 Å². The molecule has 0 aliphatic heterocycles. The number of fused-ring (bicyclic) bond motifs is 8. The van der Waals surface area contributed by atoms with E-state index in [-0.39, 0.29) is 5.41 Å². The summed E-state index contributed by atoms with van der Waals surface area (Å²) in [6.07, 6.45) is 0. The SMILES string of the molecule is CC1(C)c2ccccc2-c2ccc3cc(-n4c5ccccc5c5ccccc54)ccc3c21. The summed E-state index contributed by atoms with van der Waals surface area (Å²) in [7, 11) is 0. The molecule has 0 N–H and O–H groups in total. The summed E-state index contributed by atoms with van der Waals surface area (Å²) in [4.78, 5) is 0. The van der Waals surface area contributed by atoms with E-state index >= 15 is 0 Å². The van der Waals surface area contributed by atoms with Crippen LogP contribution < -0.4 is 0 Å². The molecule has 0 saturated heterocycles. The van der Waals surface area contributed by atoms with Gasteiger partial charge in [-0.2, -0.15) is 0 Å². The minimum Gasteiger partial charge on any atom is -0.309 e. The predicted octanol–water partition coefficient (Wildman–Crippen LogP) is 8.24. The largest absolute Gasteiger partial charge is 0.309 e. The number of hydrogen-bond acceptors (Lipinski definition) is 0. The average molecular weight is 410 g/mol. The lowest BCUT2D eigenvalue weighted by atomic mass is 9.80. The first kappa shape index (κ1) is 17.8. The lowest BCUT2D eigenvalue weighted by molar-refractivity contribution is 0.666. The number of benzene rings is 5. The Morgan fingerprint density at radius 1 is 0.562 bits per heavy atom. The third-order valence-corrected chi connectivity index (χ3v) is 7.36. The standard InChI is InChI=1S/C31H23N/c1-31(2)27-12-6-3-9-23(27)26-17-15-20-19-21(16-18-22(20)30(26)31)32-28-13-7-4-10-24(28)25-11-5-8-14-29(25)32/h3-19H,1-2H3. The first-order valence-corrected chi connectivity index (χ1v) is 11.3. The minimum absolute atomic E-state index is 0.000202. The van der Waals surface area contributed by atoms with Crippen molar-refractivity contribution in [2.75, 3.05) is 0 Å². The molecule has 5 aromatic carbocycles. The van der Waals surface area contributed by atoms with Gasteiger partial charge in [0.05, 0.1) is 11.0 Å². The fourth-order valence-electron chi connectivity index (χ4n) is 5.95. The highest BCUT2D eigenvalue weighted by Gasteiger charge is 2.36. The monoisotopic (exact) mass is 409 g/mol. The number of nitrogens with zero attached hydrogens (tertiary/aromatic N) is 1. The molecule has 7 rings (SSSR count). The van der Waals surface area contributed by atoms with Gasteiger partial charge in [0, 0.05) is 21.9 Å². The van der Waals surface area contributed by atoms with Crippen LogP contribution in [0.4, 0.5) is 0 Å². The smallest absolute Gasteiger partial charge is 0.0541 e. The first-order chi connectivity index (χ1) is 15.6. The molecule has 1 nitrogen and oxygen atoms in total. The second-order valence-corrected chi connectivity index (χ2v) is 9.43. The van der Waals surface area contributed by atoms with Crippen molar-refractivity contribution in [3.8, 4) is 16.8 Å². The lowest BCUT2D eigenvalue weighted by Gasteiger charge is -2.23. The van der Waals surface area contributed by atoms with E-state index < -0.39 is 0 Å². The van der Waals surface area contributed by atoms with Crippen LogP contribution in [0.3, 0.4) is 0 Å². The van der Waals surface area contributed by atoms with Crippen LogP contribution in [0.15, 0.2) is 103 Å². The van der Waals surface area contributed by atoms with Crippen LogP contribution >= 0.6 is 0 Å². The Bertz CT molecular complexity index is 1640. The van der Waals surface area contributed by atoms with Gasteiger partial charge in [-0.3, -0.25) is 0 Å². The maximum absolute atomic E-state index is 2.40. The van der Waals surface area contributed by atoms with Gasteiger partial charge in [-0.05, 0) is 57.3 Å². The van der Waals surface area contributed by atoms with Crippen molar-refractivity contribution in [3.05, 3.63) is 114 Å². The number of rotatable bonds is 1. The molecule has 1 aliphatic rings. The molecule has 152 valence electrons. The first-order valence-electron chi connectivity index (χ1n) is 11.3. The molecular formula is C31H23N. The Morgan fingerprint density at radius 3 is 1.97 bits per heavy atom. The molecule has 0 fully saturated rings. The van der Waals surface area contributed by atoms with Crippen LogP contribution in [0.25, 0.3) is 49.4 Å². The third kappa shape index (κ3) is 2.18. The van der Waals surface area contributed by atoms with Crippen molar-refractivity contribution in [1.29, 1.82) is 0 Å². The topological polar surface area (TPSA) is 4.93 Å². The van der Waals surface area contributed by atoms with Gasteiger partial charge in [-0.1, -0.05) is 92.7 Å². The quantitative estimate of drug-likeness (QED) is 0.258. The minimum atomic E-state index is -0.000202. The fraction of sp³-hybridized carbons (Fsp3) is 0.0968. The van der Waals surface area contributed by atoms with Crippen molar-refractivity contribution < 1.29 is 0 Å². The van der Waals surface area contributed by atoms with E-state index in [2.05, 4.69) is 122 Å².